The van der Waals surface area contributed by atoms with Crippen molar-refractivity contribution in [3.8, 4) is 0 Å². The highest BCUT2D eigenvalue weighted by Gasteiger charge is 2.28. The number of thiazole rings is 1. The Morgan fingerprint density at radius 3 is 2.85 bits per heavy atom. The molecule has 5 nitrogen and oxygen atoms in total. The lowest BCUT2D eigenvalue weighted by Crippen LogP contribution is -2.42. The van der Waals surface area contributed by atoms with Gasteiger partial charge >= 0.3 is 0 Å². The fourth-order valence-corrected chi connectivity index (χ4v) is 4.01. The minimum absolute atomic E-state index is 0.0312. The van der Waals surface area contributed by atoms with E-state index in [1.807, 2.05) is 48.2 Å². The molecule has 1 aliphatic rings. The Bertz CT molecular complexity index is 926. The van der Waals surface area contributed by atoms with E-state index in [9.17, 15) is 4.79 Å². The molecule has 6 heteroatoms. The number of pyridine rings is 1. The lowest BCUT2D eigenvalue weighted by atomic mass is 10.1. The first-order valence-electron chi connectivity index (χ1n) is 9.01. The third-order valence-electron chi connectivity index (χ3n) is 4.68. The van der Waals surface area contributed by atoms with Gasteiger partial charge < -0.3 is 9.64 Å². The number of aryl methyl sites for hydroxylation is 1. The van der Waals surface area contributed by atoms with Crippen molar-refractivity contribution in [2.45, 2.75) is 19.4 Å². The molecule has 3 heterocycles. The number of morpholine rings is 1. The van der Waals surface area contributed by atoms with Crippen molar-refractivity contribution < 1.29 is 9.53 Å². The molecule has 0 aliphatic carbocycles. The van der Waals surface area contributed by atoms with Crippen LogP contribution in [0.1, 0.15) is 38.4 Å². The quantitative estimate of drug-likeness (QED) is 0.694. The number of hydrogen-bond acceptors (Lipinski definition) is 5. The van der Waals surface area contributed by atoms with E-state index in [0.29, 0.717) is 24.6 Å². The summed E-state index contributed by atoms with van der Waals surface area (Å²) in [6, 6.07) is 16.3. The van der Waals surface area contributed by atoms with E-state index in [1.54, 1.807) is 5.51 Å². The highest BCUT2D eigenvalue weighted by molar-refractivity contribution is 7.11. The molecule has 0 radical (unpaired) electrons. The minimum atomic E-state index is -0.202. The van der Waals surface area contributed by atoms with Crippen molar-refractivity contribution in [2.75, 3.05) is 19.7 Å². The molecule has 0 N–H and O–H groups in total. The van der Waals surface area contributed by atoms with Gasteiger partial charge in [0.05, 0.1) is 30.1 Å². The summed E-state index contributed by atoms with van der Waals surface area (Å²) in [6.45, 7) is 3.49. The molecule has 1 aromatic carbocycles. The number of rotatable bonds is 4. The van der Waals surface area contributed by atoms with Crippen LogP contribution in [0.5, 0.6) is 0 Å². The number of carbonyl (C=O) groups is 1. The zero-order valence-corrected chi connectivity index (χ0v) is 16.0. The van der Waals surface area contributed by atoms with E-state index >= 15 is 0 Å². The Kier molecular flexibility index (Phi) is 5.27. The second kappa shape index (κ2) is 7.98. The predicted octanol–water partition coefficient (Wildman–Crippen LogP) is 3.65. The molecule has 4 rings (SSSR count). The van der Waals surface area contributed by atoms with Gasteiger partial charge in [-0.3, -0.25) is 9.78 Å². The molecular weight excluding hydrogens is 358 g/mol. The summed E-state index contributed by atoms with van der Waals surface area (Å²) in [5.74, 6) is 0.0312. The topological polar surface area (TPSA) is 55.3 Å². The number of aromatic nitrogens is 2. The maximum absolute atomic E-state index is 12.8. The summed E-state index contributed by atoms with van der Waals surface area (Å²) in [5.41, 5.74) is 5.61. The van der Waals surface area contributed by atoms with Crippen LogP contribution in [-0.2, 0) is 11.2 Å². The van der Waals surface area contributed by atoms with E-state index in [0.717, 1.165) is 23.5 Å². The van der Waals surface area contributed by atoms with Gasteiger partial charge in [0.25, 0.3) is 5.91 Å². The van der Waals surface area contributed by atoms with Gasteiger partial charge in [-0.05, 0) is 24.6 Å². The second-order valence-electron chi connectivity index (χ2n) is 6.59. The number of ether oxygens (including phenoxy) is 1. The summed E-state index contributed by atoms with van der Waals surface area (Å²) in [4.78, 5) is 24.3. The van der Waals surface area contributed by atoms with Gasteiger partial charge in [-0.15, -0.1) is 11.3 Å². The standard InChI is InChI=1S/C21H21N3O2S/c1-15-20(27-14-22-15)21(25)24-10-11-26-19(13-24)18-9-5-8-17(23-18)12-16-6-3-2-4-7-16/h2-9,14,19H,10-13H2,1H3. The zero-order chi connectivity index (χ0) is 18.6. The van der Waals surface area contributed by atoms with Gasteiger partial charge in [0.1, 0.15) is 11.0 Å². The average Bonchev–Trinajstić information content (AvgIpc) is 3.14. The van der Waals surface area contributed by atoms with Crippen molar-refractivity contribution in [3.05, 3.63) is 81.6 Å². The fraction of sp³-hybridized carbons (Fsp3) is 0.286. The minimum Gasteiger partial charge on any atom is -0.368 e. The lowest BCUT2D eigenvalue weighted by molar-refractivity contribution is -0.0246. The Morgan fingerprint density at radius 1 is 1.22 bits per heavy atom. The molecule has 1 amide bonds. The van der Waals surface area contributed by atoms with E-state index in [-0.39, 0.29) is 12.0 Å². The summed E-state index contributed by atoms with van der Waals surface area (Å²) in [7, 11) is 0. The SMILES string of the molecule is Cc1ncsc1C(=O)N1CCOC(c2cccc(Cc3ccccc3)n2)C1. The van der Waals surface area contributed by atoms with Crippen molar-refractivity contribution in [1.29, 1.82) is 0 Å². The molecular formula is C21H21N3O2S. The second-order valence-corrected chi connectivity index (χ2v) is 7.45. The summed E-state index contributed by atoms with van der Waals surface area (Å²) in [5, 5.41) is 0. The van der Waals surface area contributed by atoms with E-state index < -0.39 is 0 Å². The third kappa shape index (κ3) is 4.07. The molecule has 1 unspecified atom stereocenters. The monoisotopic (exact) mass is 379 g/mol. The Balaban J connectivity index is 1.49. The molecule has 27 heavy (non-hydrogen) atoms. The van der Waals surface area contributed by atoms with Gasteiger partial charge in [-0.1, -0.05) is 36.4 Å². The van der Waals surface area contributed by atoms with Gasteiger partial charge in [0.2, 0.25) is 0 Å². The zero-order valence-electron chi connectivity index (χ0n) is 15.2. The molecule has 3 aromatic rings. The molecule has 0 saturated carbocycles. The van der Waals surface area contributed by atoms with Crippen LogP contribution < -0.4 is 0 Å². The first-order valence-corrected chi connectivity index (χ1v) is 9.89. The highest BCUT2D eigenvalue weighted by atomic mass is 32.1. The first-order chi connectivity index (χ1) is 13.2. The number of amides is 1. The average molecular weight is 379 g/mol. The van der Waals surface area contributed by atoms with Crippen LogP contribution in [0.25, 0.3) is 0 Å². The van der Waals surface area contributed by atoms with Crippen LogP contribution in [-0.4, -0.2) is 40.5 Å². The number of benzene rings is 1. The number of nitrogens with zero attached hydrogens (tertiary/aromatic N) is 3. The largest absolute Gasteiger partial charge is 0.368 e. The van der Waals surface area contributed by atoms with E-state index in [2.05, 4.69) is 17.1 Å². The van der Waals surface area contributed by atoms with E-state index in [1.165, 1.54) is 16.9 Å². The molecule has 0 spiro atoms. The molecule has 0 bridgehead atoms. The summed E-state index contributed by atoms with van der Waals surface area (Å²) >= 11 is 1.39. The van der Waals surface area contributed by atoms with Gasteiger partial charge in [-0.2, -0.15) is 0 Å². The molecule has 138 valence electrons. The highest BCUT2D eigenvalue weighted by Crippen LogP contribution is 2.24. The fourth-order valence-electron chi connectivity index (χ4n) is 3.24. The lowest BCUT2D eigenvalue weighted by Gasteiger charge is -2.32. The van der Waals surface area contributed by atoms with Gasteiger partial charge in [0, 0.05) is 18.7 Å². The van der Waals surface area contributed by atoms with Crippen molar-refractivity contribution in [3.63, 3.8) is 0 Å². The molecule has 1 saturated heterocycles. The predicted molar refractivity (Wildman–Crippen MR) is 105 cm³/mol. The van der Waals surface area contributed by atoms with Crippen LogP contribution in [0.15, 0.2) is 54.0 Å². The molecule has 1 atom stereocenters. The Morgan fingerprint density at radius 2 is 2.07 bits per heavy atom. The van der Waals surface area contributed by atoms with Crippen LogP contribution in [0.2, 0.25) is 0 Å². The van der Waals surface area contributed by atoms with Gasteiger partial charge in [-0.25, -0.2) is 4.98 Å². The number of carbonyl (C=O) groups excluding carboxylic acids is 1. The van der Waals surface area contributed by atoms with Crippen LogP contribution in [0.3, 0.4) is 0 Å². The Hall–Kier alpha value is -2.57. The van der Waals surface area contributed by atoms with Gasteiger partial charge in [0.15, 0.2) is 0 Å². The maximum Gasteiger partial charge on any atom is 0.266 e. The Labute approximate surface area is 162 Å². The van der Waals surface area contributed by atoms with Crippen molar-refractivity contribution in [2.24, 2.45) is 0 Å². The smallest absolute Gasteiger partial charge is 0.266 e. The number of hydrogen-bond donors (Lipinski definition) is 0. The maximum atomic E-state index is 12.8. The molecule has 1 aliphatic heterocycles. The summed E-state index contributed by atoms with van der Waals surface area (Å²) in [6.07, 6.45) is 0.580. The summed E-state index contributed by atoms with van der Waals surface area (Å²) < 4.78 is 5.93. The normalized spacial score (nSPS) is 17.1. The van der Waals surface area contributed by atoms with Crippen LogP contribution in [0.4, 0.5) is 0 Å². The first kappa shape index (κ1) is 17.8. The third-order valence-corrected chi connectivity index (χ3v) is 5.60. The van der Waals surface area contributed by atoms with Crippen LogP contribution >= 0.6 is 11.3 Å². The van der Waals surface area contributed by atoms with Crippen molar-refractivity contribution >= 4 is 17.2 Å². The molecule has 1 fully saturated rings. The van der Waals surface area contributed by atoms with E-state index in [4.69, 9.17) is 9.72 Å². The molecule has 2 aromatic heterocycles. The van der Waals surface area contributed by atoms with Crippen LogP contribution in [0, 0.1) is 6.92 Å². The van der Waals surface area contributed by atoms with Crippen molar-refractivity contribution in [1.82, 2.24) is 14.9 Å².